The molecule has 1 aromatic carbocycles. The van der Waals surface area contributed by atoms with E-state index < -0.39 is 10.1 Å². The number of anilines is 1. The van der Waals surface area contributed by atoms with Crippen LogP contribution in [0, 0.1) is 0 Å². The Morgan fingerprint density at radius 2 is 1.69 bits per heavy atom. The third kappa shape index (κ3) is 3.02. The topological polar surface area (TPSA) is 106 Å². The van der Waals surface area contributed by atoms with E-state index in [2.05, 4.69) is 5.32 Å². The second kappa shape index (κ2) is 4.22. The molecule has 0 aliphatic rings. The molecule has 1 aromatic rings. The summed E-state index contributed by atoms with van der Waals surface area (Å²) in [7, 11) is -2.60. The van der Waals surface area contributed by atoms with Crippen LogP contribution in [0.5, 0.6) is 0 Å². The molecule has 0 heterocycles. The van der Waals surface area contributed by atoms with Crippen LogP contribution in [0.3, 0.4) is 0 Å². The van der Waals surface area contributed by atoms with Gasteiger partial charge in [0.05, 0.1) is 4.90 Å². The number of hydrogen-bond donors (Lipinski definition) is 2. The fourth-order valence-electron chi connectivity index (χ4n) is 0.788. The third-order valence-electron chi connectivity index (χ3n) is 1.43. The maximum absolute atomic E-state index is 10.5. The first-order valence-electron chi connectivity index (χ1n) is 3.28. The molecule has 74 valence electrons. The first kappa shape index (κ1) is 11.9. The van der Waals surface area contributed by atoms with Crippen LogP contribution >= 0.6 is 0 Å². The molecule has 0 unspecified atom stereocenters. The van der Waals surface area contributed by atoms with Gasteiger partial charge in [-0.25, -0.2) is 8.42 Å². The Morgan fingerprint density at radius 3 is 2.00 bits per heavy atom. The van der Waals surface area contributed by atoms with Crippen LogP contribution in [0.4, 0.5) is 5.69 Å². The van der Waals surface area contributed by atoms with Crippen molar-refractivity contribution in [1.29, 1.82) is 0 Å². The van der Waals surface area contributed by atoms with E-state index in [1.807, 2.05) is 0 Å². The van der Waals surface area contributed by atoms with Gasteiger partial charge in [0.2, 0.25) is 0 Å². The molecule has 0 aliphatic heterocycles. The maximum Gasteiger partial charge on any atom is 0.124 e. The molecular weight excluding hydrogens is 192 g/mol. The Labute approximate surface area is 77.1 Å². The van der Waals surface area contributed by atoms with Crippen molar-refractivity contribution in [3.05, 3.63) is 24.3 Å². The van der Waals surface area contributed by atoms with E-state index in [0.29, 0.717) is 0 Å². The predicted octanol–water partition coefficient (Wildman–Crippen LogP) is 1.01. The predicted molar refractivity (Wildman–Crippen MR) is 49.9 cm³/mol. The molecule has 0 spiro atoms. The monoisotopic (exact) mass is 204 g/mol. The minimum Gasteiger partial charge on any atom is -0.744 e. The Kier molecular flexibility index (Phi) is 3.86. The van der Waals surface area contributed by atoms with E-state index in [-0.39, 0.29) is 11.0 Å². The van der Waals surface area contributed by atoms with Gasteiger partial charge in [0.25, 0.3) is 0 Å². The van der Waals surface area contributed by atoms with Crippen LogP contribution in [-0.2, 0) is 10.1 Å². The SMILES string of the molecule is CNc1ccc(S(=O)(=O)[O-])cc1.[NH4+]. The van der Waals surface area contributed by atoms with Crippen LogP contribution < -0.4 is 11.5 Å². The summed E-state index contributed by atoms with van der Waals surface area (Å²) in [5.41, 5.74) is 0.766. The van der Waals surface area contributed by atoms with E-state index >= 15 is 0 Å². The van der Waals surface area contributed by atoms with Crippen molar-refractivity contribution in [3.63, 3.8) is 0 Å². The van der Waals surface area contributed by atoms with Crippen molar-refractivity contribution in [1.82, 2.24) is 6.15 Å². The number of rotatable bonds is 2. The smallest absolute Gasteiger partial charge is 0.124 e. The highest BCUT2D eigenvalue weighted by Crippen LogP contribution is 2.12. The molecule has 0 fully saturated rings. The lowest BCUT2D eigenvalue weighted by molar-refractivity contribution is 0.463. The minimum absolute atomic E-state index is 0. The van der Waals surface area contributed by atoms with Crippen LogP contribution in [0.25, 0.3) is 0 Å². The molecule has 0 radical (unpaired) electrons. The number of nitrogens with one attached hydrogen (secondary N) is 1. The normalized spacial score (nSPS) is 10.3. The highest BCUT2D eigenvalue weighted by Gasteiger charge is 1.98. The summed E-state index contributed by atoms with van der Waals surface area (Å²) < 4.78 is 31.4. The van der Waals surface area contributed by atoms with Gasteiger partial charge in [-0.15, -0.1) is 0 Å². The van der Waals surface area contributed by atoms with Crippen molar-refractivity contribution in [2.45, 2.75) is 4.90 Å². The quantitative estimate of drug-likeness (QED) is 0.701. The lowest BCUT2D eigenvalue weighted by atomic mass is 10.3. The van der Waals surface area contributed by atoms with Crippen molar-refractivity contribution in [2.24, 2.45) is 0 Å². The molecule has 0 amide bonds. The molecule has 0 aromatic heterocycles. The first-order valence-corrected chi connectivity index (χ1v) is 4.68. The highest BCUT2D eigenvalue weighted by molar-refractivity contribution is 7.85. The van der Waals surface area contributed by atoms with Crippen LogP contribution in [0.2, 0.25) is 0 Å². The van der Waals surface area contributed by atoms with Gasteiger partial charge in [0.15, 0.2) is 0 Å². The number of quaternary nitrogens is 1. The minimum atomic E-state index is -4.31. The summed E-state index contributed by atoms with van der Waals surface area (Å²) in [4.78, 5) is -0.207. The van der Waals surface area contributed by atoms with Crippen LogP contribution in [0.15, 0.2) is 29.2 Å². The number of benzene rings is 1. The van der Waals surface area contributed by atoms with Gasteiger partial charge < -0.3 is 16.0 Å². The zero-order valence-electron chi connectivity index (χ0n) is 7.44. The average molecular weight is 204 g/mol. The molecule has 6 heteroatoms. The first-order chi connectivity index (χ1) is 5.54. The van der Waals surface area contributed by atoms with Crippen molar-refractivity contribution < 1.29 is 13.0 Å². The Balaban J connectivity index is 0.00000144. The molecule has 5 N–H and O–H groups in total. The van der Waals surface area contributed by atoms with Crippen molar-refractivity contribution in [2.75, 3.05) is 12.4 Å². The van der Waals surface area contributed by atoms with Crippen LogP contribution in [-0.4, -0.2) is 20.0 Å². The fraction of sp³-hybridized carbons (Fsp3) is 0.143. The standard InChI is InChI=1S/C7H9NO3S.H3N/c1-8-6-2-4-7(5-3-6)12(9,10)11;/h2-5,8H,1H3,(H,9,10,11);1H3. The summed E-state index contributed by atoms with van der Waals surface area (Å²) in [6, 6.07) is 5.61. The average Bonchev–Trinajstić information content (AvgIpc) is 2.03. The van der Waals surface area contributed by atoms with Gasteiger partial charge in [0.1, 0.15) is 10.1 Å². The Morgan fingerprint density at radius 1 is 1.23 bits per heavy atom. The maximum atomic E-state index is 10.5. The van der Waals surface area contributed by atoms with Gasteiger partial charge >= 0.3 is 0 Å². The Hall–Kier alpha value is -1.11. The van der Waals surface area contributed by atoms with E-state index in [1.54, 1.807) is 7.05 Å². The molecule has 0 saturated carbocycles. The molecule has 0 atom stereocenters. The largest absolute Gasteiger partial charge is 0.744 e. The molecule has 0 aliphatic carbocycles. The summed E-state index contributed by atoms with van der Waals surface area (Å²) in [6.07, 6.45) is 0. The zero-order valence-corrected chi connectivity index (χ0v) is 8.26. The van der Waals surface area contributed by atoms with Gasteiger partial charge in [0, 0.05) is 12.7 Å². The van der Waals surface area contributed by atoms with Crippen molar-refractivity contribution >= 4 is 15.8 Å². The van der Waals surface area contributed by atoms with Gasteiger partial charge in [-0.2, -0.15) is 0 Å². The van der Waals surface area contributed by atoms with E-state index in [1.165, 1.54) is 24.3 Å². The molecular formula is C7H12N2O3S. The lowest BCUT2D eigenvalue weighted by Gasteiger charge is -2.07. The zero-order chi connectivity index (χ0) is 9.19. The summed E-state index contributed by atoms with van der Waals surface area (Å²) in [6.45, 7) is 0. The van der Waals surface area contributed by atoms with Gasteiger partial charge in [-0.3, -0.25) is 0 Å². The summed E-state index contributed by atoms with van der Waals surface area (Å²) in [5.74, 6) is 0. The number of hydrogen-bond acceptors (Lipinski definition) is 4. The molecule has 0 bridgehead atoms. The fourth-order valence-corrected chi connectivity index (χ4v) is 1.26. The molecule has 13 heavy (non-hydrogen) atoms. The second-order valence-electron chi connectivity index (χ2n) is 2.23. The molecule has 5 nitrogen and oxygen atoms in total. The Bertz CT molecular complexity index is 358. The molecule has 1 rings (SSSR count). The van der Waals surface area contributed by atoms with E-state index in [0.717, 1.165) is 5.69 Å². The highest BCUT2D eigenvalue weighted by atomic mass is 32.2. The second-order valence-corrected chi connectivity index (χ2v) is 3.61. The molecule has 0 saturated heterocycles. The van der Waals surface area contributed by atoms with Gasteiger partial charge in [-0.1, -0.05) is 0 Å². The summed E-state index contributed by atoms with van der Waals surface area (Å²) >= 11 is 0. The van der Waals surface area contributed by atoms with E-state index in [4.69, 9.17) is 0 Å². The van der Waals surface area contributed by atoms with Crippen molar-refractivity contribution in [3.8, 4) is 0 Å². The lowest BCUT2D eigenvalue weighted by Crippen LogP contribution is -1.98. The third-order valence-corrected chi connectivity index (χ3v) is 2.28. The van der Waals surface area contributed by atoms with Crippen LogP contribution in [0.1, 0.15) is 0 Å². The van der Waals surface area contributed by atoms with E-state index in [9.17, 15) is 13.0 Å². The van der Waals surface area contributed by atoms with Gasteiger partial charge in [-0.05, 0) is 24.3 Å². The summed E-state index contributed by atoms with van der Waals surface area (Å²) in [5, 5.41) is 2.81.